The van der Waals surface area contributed by atoms with Gasteiger partial charge in [0.25, 0.3) is 0 Å². The molecule has 0 saturated carbocycles. The fourth-order valence-electron chi connectivity index (χ4n) is 1.94. The summed E-state index contributed by atoms with van der Waals surface area (Å²) < 4.78 is 13.3. The molecule has 1 atom stereocenters. The van der Waals surface area contributed by atoms with Crippen molar-refractivity contribution in [1.29, 1.82) is 0 Å². The van der Waals surface area contributed by atoms with Gasteiger partial charge in [0.1, 0.15) is 5.82 Å². The number of halogens is 2. The molecule has 1 aromatic rings. The molecule has 1 aliphatic rings. The summed E-state index contributed by atoms with van der Waals surface area (Å²) in [4.78, 5) is 11.9. The van der Waals surface area contributed by atoms with Gasteiger partial charge in [-0.05, 0) is 53.5 Å². The summed E-state index contributed by atoms with van der Waals surface area (Å²) in [5.74, 6) is -0.268. The first-order valence-electron chi connectivity index (χ1n) is 5.38. The van der Waals surface area contributed by atoms with Crippen LogP contribution in [0.1, 0.15) is 29.6 Å². The van der Waals surface area contributed by atoms with Crippen molar-refractivity contribution < 1.29 is 9.18 Å². The smallest absolute Gasteiger partial charge is 0.164 e. The van der Waals surface area contributed by atoms with E-state index < -0.39 is 0 Å². The lowest BCUT2D eigenvalue weighted by molar-refractivity contribution is 0.0971. The van der Waals surface area contributed by atoms with Crippen LogP contribution >= 0.6 is 15.9 Å². The maximum Gasteiger partial charge on any atom is 0.164 e. The maximum atomic E-state index is 13.0. The van der Waals surface area contributed by atoms with Crippen LogP contribution in [0.2, 0.25) is 0 Å². The Labute approximate surface area is 102 Å². The SMILES string of the molecule is O=C(CC1CCCN1)c1ccc(F)c(Br)c1. The van der Waals surface area contributed by atoms with Crippen LogP contribution in [0.4, 0.5) is 4.39 Å². The van der Waals surface area contributed by atoms with Gasteiger partial charge < -0.3 is 5.32 Å². The first-order chi connectivity index (χ1) is 7.66. The van der Waals surface area contributed by atoms with Crippen LogP contribution in [-0.4, -0.2) is 18.4 Å². The highest BCUT2D eigenvalue weighted by molar-refractivity contribution is 9.10. The van der Waals surface area contributed by atoms with E-state index in [2.05, 4.69) is 21.2 Å². The van der Waals surface area contributed by atoms with Gasteiger partial charge in [0, 0.05) is 18.0 Å². The summed E-state index contributed by atoms with van der Waals surface area (Å²) in [7, 11) is 0. The van der Waals surface area contributed by atoms with Gasteiger partial charge in [-0.1, -0.05) is 0 Å². The monoisotopic (exact) mass is 285 g/mol. The zero-order valence-corrected chi connectivity index (χ0v) is 10.4. The minimum Gasteiger partial charge on any atom is -0.314 e. The van der Waals surface area contributed by atoms with Gasteiger partial charge in [-0.25, -0.2) is 4.39 Å². The quantitative estimate of drug-likeness (QED) is 0.866. The first-order valence-corrected chi connectivity index (χ1v) is 6.18. The second-order valence-corrected chi connectivity index (χ2v) is 4.90. The first kappa shape index (κ1) is 11.7. The van der Waals surface area contributed by atoms with Crippen LogP contribution in [0.5, 0.6) is 0 Å². The maximum absolute atomic E-state index is 13.0. The molecule has 0 aliphatic carbocycles. The van der Waals surface area contributed by atoms with E-state index in [0.717, 1.165) is 19.4 Å². The molecule has 16 heavy (non-hydrogen) atoms. The molecule has 86 valence electrons. The van der Waals surface area contributed by atoms with Gasteiger partial charge in [0.05, 0.1) is 4.47 Å². The Morgan fingerprint density at radius 3 is 3.00 bits per heavy atom. The number of hydrogen-bond acceptors (Lipinski definition) is 2. The highest BCUT2D eigenvalue weighted by Gasteiger charge is 2.18. The van der Waals surface area contributed by atoms with Gasteiger partial charge in [-0.2, -0.15) is 0 Å². The van der Waals surface area contributed by atoms with Gasteiger partial charge in [0.2, 0.25) is 0 Å². The lowest BCUT2D eigenvalue weighted by Gasteiger charge is -2.09. The van der Waals surface area contributed by atoms with Crippen molar-refractivity contribution in [1.82, 2.24) is 5.32 Å². The van der Waals surface area contributed by atoms with Gasteiger partial charge in [-0.3, -0.25) is 4.79 Å². The molecule has 1 saturated heterocycles. The van der Waals surface area contributed by atoms with Crippen molar-refractivity contribution in [3.05, 3.63) is 34.1 Å². The number of rotatable bonds is 3. The van der Waals surface area contributed by atoms with E-state index in [0.29, 0.717) is 16.5 Å². The van der Waals surface area contributed by atoms with E-state index in [9.17, 15) is 9.18 Å². The molecule has 2 rings (SSSR count). The molecule has 1 N–H and O–H groups in total. The summed E-state index contributed by atoms with van der Waals surface area (Å²) in [5, 5.41) is 3.28. The summed E-state index contributed by atoms with van der Waals surface area (Å²) >= 11 is 3.08. The molecule has 4 heteroatoms. The third-order valence-corrected chi connectivity index (χ3v) is 3.44. The predicted molar refractivity (Wildman–Crippen MR) is 64.1 cm³/mol. The number of carbonyl (C=O) groups excluding carboxylic acids is 1. The topological polar surface area (TPSA) is 29.1 Å². The molecule has 0 spiro atoms. The largest absolute Gasteiger partial charge is 0.314 e. The molecular weight excluding hydrogens is 273 g/mol. The van der Waals surface area contributed by atoms with E-state index in [-0.39, 0.29) is 17.6 Å². The highest BCUT2D eigenvalue weighted by Crippen LogP contribution is 2.19. The molecule has 0 bridgehead atoms. The predicted octanol–water partition coefficient (Wildman–Crippen LogP) is 2.91. The summed E-state index contributed by atoms with van der Waals surface area (Å²) in [6.45, 7) is 0.991. The zero-order valence-electron chi connectivity index (χ0n) is 8.80. The Bertz CT molecular complexity index is 402. The van der Waals surface area contributed by atoms with Crippen LogP contribution in [0.3, 0.4) is 0 Å². The average Bonchev–Trinajstić information content (AvgIpc) is 2.74. The number of Topliss-reactive ketones (excluding diaryl/α,β-unsaturated/α-hetero) is 1. The van der Waals surface area contributed by atoms with Gasteiger partial charge in [0.15, 0.2) is 5.78 Å². The molecule has 0 amide bonds. The van der Waals surface area contributed by atoms with Crippen LogP contribution in [-0.2, 0) is 0 Å². The van der Waals surface area contributed by atoms with E-state index in [1.807, 2.05) is 0 Å². The molecule has 1 aliphatic heterocycles. The fraction of sp³-hybridized carbons (Fsp3) is 0.417. The molecular formula is C12H13BrFNO. The Kier molecular flexibility index (Phi) is 3.71. The number of hydrogen-bond donors (Lipinski definition) is 1. The number of nitrogens with one attached hydrogen (secondary N) is 1. The van der Waals surface area contributed by atoms with Gasteiger partial charge >= 0.3 is 0 Å². The zero-order chi connectivity index (χ0) is 11.5. The summed E-state index contributed by atoms with van der Waals surface area (Å²) in [5.41, 5.74) is 0.571. The Morgan fingerprint density at radius 1 is 1.56 bits per heavy atom. The fourth-order valence-corrected chi connectivity index (χ4v) is 2.32. The number of carbonyl (C=O) groups is 1. The van der Waals surface area contributed by atoms with Crippen molar-refractivity contribution in [3.8, 4) is 0 Å². The van der Waals surface area contributed by atoms with E-state index in [4.69, 9.17) is 0 Å². The van der Waals surface area contributed by atoms with Crippen molar-refractivity contribution in [2.24, 2.45) is 0 Å². The third-order valence-electron chi connectivity index (χ3n) is 2.84. The lowest BCUT2D eigenvalue weighted by Crippen LogP contribution is -2.24. The molecule has 0 radical (unpaired) electrons. The van der Waals surface area contributed by atoms with Gasteiger partial charge in [-0.15, -0.1) is 0 Å². The van der Waals surface area contributed by atoms with Crippen molar-refractivity contribution >= 4 is 21.7 Å². The molecule has 1 aromatic carbocycles. The van der Waals surface area contributed by atoms with Crippen LogP contribution in [0, 0.1) is 5.82 Å². The van der Waals surface area contributed by atoms with Crippen LogP contribution in [0.25, 0.3) is 0 Å². The van der Waals surface area contributed by atoms with Crippen LogP contribution < -0.4 is 5.32 Å². The minimum absolute atomic E-state index is 0.0695. The molecule has 1 unspecified atom stereocenters. The minimum atomic E-state index is -0.337. The van der Waals surface area contributed by atoms with E-state index in [1.165, 1.54) is 12.1 Å². The standard InChI is InChI=1S/C12H13BrFNO/c13-10-6-8(3-4-11(10)14)12(16)7-9-2-1-5-15-9/h3-4,6,9,15H,1-2,5,7H2. The normalized spacial score (nSPS) is 20.0. The van der Waals surface area contributed by atoms with E-state index >= 15 is 0 Å². The van der Waals surface area contributed by atoms with Crippen molar-refractivity contribution in [3.63, 3.8) is 0 Å². The molecule has 0 aromatic heterocycles. The highest BCUT2D eigenvalue weighted by atomic mass is 79.9. The Balaban J connectivity index is 2.05. The van der Waals surface area contributed by atoms with Crippen molar-refractivity contribution in [2.75, 3.05) is 6.54 Å². The third kappa shape index (κ3) is 2.68. The second kappa shape index (κ2) is 5.06. The van der Waals surface area contributed by atoms with Crippen LogP contribution in [0.15, 0.2) is 22.7 Å². The van der Waals surface area contributed by atoms with Crippen molar-refractivity contribution in [2.45, 2.75) is 25.3 Å². The number of ketones is 1. The lowest BCUT2D eigenvalue weighted by atomic mass is 10.0. The van der Waals surface area contributed by atoms with E-state index in [1.54, 1.807) is 6.07 Å². The Morgan fingerprint density at radius 2 is 2.38 bits per heavy atom. The summed E-state index contributed by atoms with van der Waals surface area (Å²) in [6, 6.07) is 4.69. The average molecular weight is 286 g/mol. The number of benzene rings is 1. The molecule has 1 fully saturated rings. The molecule has 1 heterocycles. The Hall–Kier alpha value is -0.740. The summed E-state index contributed by atoms with van der Waals surface area (Å²) in [6.07, 6.45) is 2.68. The molecule has 2 nitrogen and oxygen atoms in total. The second-order valence-electron chi connectivity index (χ2n) is 4.05.